The van der Waals surface area contributed by atoms with E-state index >= 15 is 0 Å². The van der Waals surface area contributed by atoms with Crippen molar-refractivity contribution in [2.24, 2.45) is 0 Å². The summed E-state index contributed by atoms with van der Waals surface area (Å²) in [4.78, 5) is 0. The topological polar surface area (TPSA) is 109 Å². The van der Waals surface area contributed by atoms with Gasteiger partial charge in [-0.2, -0.15) is 4.52 Å². The molecule has 10 heteroatoms. The number of rotatable bonds is 5. The Kier molecular flexibility index (Phi) is 3.52. The quantitative estimate of drug-likeness (QED) is 0.468. The number of aryl methyl sites for hydroxylation is 1. The second kappa shape index (κ2) is 6.16. The molecule has 1 aromatic carbocycles. The normalized spacial score (nSPS) is 11.4. The number of hydrogen-bond acceptors (Lipinski definition) is 8. The zero-order valence-electron chi connectivity index (χ0n) is 14.3. The van der Waals surface area contributed by atoms with Crippen molar-refractivity contribution in [1.29, 1.82) is 0 Å². The van der Waals surface area contributed by atoms with Crippen LogP contribution in [0.15, 0.2) is 47.3 Å². The number of nitrogens with zero attached hydrogens (tertiary/aromatic N) is 8. The Morgan fingerprint density at radius 2 is 2.00 bits per heavy atom. The van der Waals surface area contributed by atoms with Gasteiger partial charge in [-0.3, -0.25) is 0 Å². The summed E-state index contributed by atoms with van der Waals surface area (Å²) < 4.78 is 14.3. The Morgan fingerprint density at radius 3 is 2.81 bits per heavy atom. The van der Waals surface area contributed by atoms with E-state index in [4.69, 9.17) is 9.26 Å². The van der Waals surface area contributed by atoms with Gasteiger partial charge in [0.15, 0.2) is 11.3 Å². The smallest absolute Gasteiger partial charge is 0.240 e. The van der Waals surface area contributed by atoms with Gasteiger partial charge in [-0.05, 0) is 13.0 Å². The molecule has 0 aliphatic heterocycles. The van der Waals surface area contributed by atoms with E-state index in [1.807, 2.05) is 31.2 Å². The van der Waals surface area contributed by atoms with Gasteiger partial charge in [-0.25, -0.2) is 4.68 Å². The molecule has 0 unspecified atom stereocenters. The molecular formula is C17H14N8O2. The first-order valence-corrected chi connectivity index (χ1v) is 8.40. The van der Waals surface area contributed by atoms with Crippen molar-refractivity contribution in [3.05, 3.63) is 48.5 Å². The van der Waals surface area contributed by atoms with Gasteiger partial charge >= 0.3 is 0 Å². The fraction of sp³-hybridized carbons (Fsp3) is 0.176. The van der Waals surface area contributed by atoms with Crippen LogP contribution in [0.2, 0.25) is 0 Å². The number of fused-ring (bicyclic) bond motifs is 3. The van der Waals surface area contributed by atoms with E-state index < -0.39 is 0 Å². The van der Waals surface area contributed by atoms with Crippen LogP contribution < -0.4 is 4.74 Å². The summed E-state index contributed by atoms with van der Waals surface area (Å²) in [5, 5.41) is 26.7. The van der Waals surface area contributed by atoms with E-state index in [0.717, 1.165) is 16.5 Å². The average Bonchev–Trinajstić information content (AvgIpc) is 3.45. The minimum absolute atomic E-state index is 0.296. The van der Waals surface area contributed by atoms with Gasteiger partial charge in [-0.1, -0.05) is 28.6 Å². The average molecular weight is 362 g/mol. The SMILES string of the molecule is CCn1nncc1COc1nn2c(-c3ccon3)nnc2c2ccccc12. The molecule has 4 heterocycles. The predicted molar refractivity (Wildman–Crippen MR) is 93.8 cm³/mol. The first-order chi connectivity index (χ1) is 13.3. The molecule has 0 N–H and O–H groups in total. The lowest BCUT2D eigenvalue weighted by molar-refractivity contribution is 0.281. The molecular weight excluding hydrogens is 348 g/mol. The maximum atomic E-state index is 6.02. The maximum Gasteiger partial charge on any atom is 0.240 e. The highest BCUT2D eigenvalue weighted by atomic mass is 16.5. The van der Waals surface area contributed by atoms with Crippen LogP contribution in [0.1, 0.15) is 12.6 Å². The lowest BCUT2D eigenvalue weighted by Crippen LogP contribution is -2.08. The van der Waals surface area contributed by atoms with Crippen LogP contribution in [-0.2, 0) is 13.2 Å². The van der Waals surface area contributed by atoms with Gasteiger partial charge in [0.2, 0.25) is 11.7 Å². The predicted octanol–water partition coefficient (Wildman–Crippen LogP) is 2.12. The minimum atomic E-state index is 0.296. The zero-order valence-corrected chi connectivity index (χ0v) is 14.3. The van der Waals surface area contributed by atoms with E-state index in [1.165, 1.54) is 6.26 Å². The molecule has 0 aliphatic rings. The Bertz CT molecular complexity index is 1220. The van der Waals surface area contributed by atoms with Crippen molar-refractivity contribution >= 4 is 16.4 Å². The molecule has 5 rings (SSSR count). The third kappa shape index (κ3) is 2.49. The molecule has 0 aliphatic carbocycles. The van der Waals surface area contributed by atoms with Crippen LogP contribution in [0.3, 0.4) is 0 Å². The van der Waals surface area contributed by atoms with Crippen molar-refractivity contribution in [2.45, 2.75) is 20.1 Å². The van der Waals surface area contributed by atoms with Crippen LogP contribution in [0.25, 0.3) is 27.9 Å². The summed E-state index contributed by atoms with van der Waals surface area (Å²) in [6.07, 6.45) is 3.16. The summed E-state index contributed by atoms with van der Waals surface area (Å²) in [7, 11) is 0. The molecule has 0 spiro atoms. The molecule has 0 bridgehead atoms. The molecule has 0 atom stereocenters. The standard InChI is InChI=1S/C17H14N8O2/c1-2-24-11(9-18-23-24)10-26-17-13-6-4-3-5-12(13)15-19-20-16(25(15)21-17)14-7-8-27-22-14/h3-9H,2,10H2,1H3. The van der Waals surface area contributed by atoms with Crippen LogP contribution >= 0.6 is 0 Å². The lowest BCUT2D eigenvalue weighted by atomic mass is 10.2. The fourth-order valence-corrected chi connectivity index (χ4v) is 2.95. The molecule has 0 amide bonds. The molecule has 0 fully saturated rings. The van der Waals surface area contributed by atoms with Crippen LogP contribution in [0, 0.1) is 0 Å². The summed E-state index contributed by atoms with van der Waals surface area (Å²) >= 11 is 0. The highest BCUT2D eigenvalue weighted by Gasteiger charge is 2.18. The van der Waals surface area contributed by atoms with E-state index in [9.17, 15) is 0 Å². The first kappa shape index (κ1) is 15.4. The van der Waals surface area contributed by atoms with Crippen LogP contribution in [0.5, 0.6) is 5.88 Å². The van der Waals surface area contributed by atoms with Gasteiger partial charge in [0.05, 0.1) is 11.9 Å². The maximum absolute atomic E-state index is 6.02. The molecule has 4 aromatic heterocycles. The monoisotopic (exact) mass is 362 g/mol. The fourth-order valence-electron chi connectivity index (χ4n) is 2.95. The second-order valence-electron chi connectivity index (χ2n) is 5.82. The highest BCUT2D eigenvalue weighted by molar-refractivity contribution is 5.96. The molecule has 5 aromatic rings. The summed E-state index contributed by atoms with van der Waals surface area (Å²) in [6.45, 7) is 3.01. The van der Waals surface area contributed by atoms with Crippen molar-refractivity contribution in [3.63, 3.8) is 0 Å². The van der Waals surface area contributed by atoms with Crippen LogP contribution in [-0.4, -0.2) is 40.0 Å². The Balaban J connectivity index is 1.64. The number of ether oxygens (including phenoxy) is 1. The Labute approximate surface area is 152 Å². The molecule has 10 nitrogen and oxygen atoms in total. The van der Waals surface area contributed by atoms with Gasteiger partial charge in [0.1, 0.15) is 12.9 Å². The van der Waals surface area contributed by atoms with Crippen molar-refractivity contribution in [3.8, 4) is 17.4 Å². The molecule has 27 heavy (non-hydrogen) atoms. The lowest BCUT2D eigenvalue weighted by Gasteiger charge is -2.10. The van der Waals surface area contributed by atoms with Crippen LogP contribution in [0.4, 0.5) is 0 Å². The van der Waals surface area contributed by atoms with Crippen molar-refractivity contribution in [1.82, 2.24) is 40.0 Å². The number of aromatic nitrogens is 8. The first-order valence-electron chi connectivity index (χ1n) is 8.40. The second-order valence-corrected chi connectivity index (χ2v) is 5.82. The van der Waals surface area contributed by atoms with E-state index in [-0.39, 0.29) is 0 Å². The largest absolute Gasteiger partial charge is 0.470 e. The van der Waals surface area contributed by atoms with E-state index in [1.54, 1.807) is 21.5 Å². The third-order valence-corrected chi connectivity index (χ3v) is 4.25. The van der Waals surface area contributed by atoms with E-state index in [0.29, 0.717) is 36.2 Å². The molecule has 0 saturated heterocycles. The summed E-state index contributed by atoms with van der Waals surface area (Å²) in [5.41, 5.74) is 2.03. The van der Waals surface area contributed by atoms with Gasteiger partial charge < -0.3 is 9.26 Å². The molecule has 0 saturated carbocycles. The zero-order chi connectivity index (χ0) is 18.2. The Hall–Kier alpha value is -3.82. The van der Waals surface area contributed by atoms with Crippen molar-refractivity contribution < 1.29 is 9.26 Å². The highest BCUT2D eigenvalue weighted by Crippen LogP contribution is 2.28. The summed E-state index contributed by atoms with van der Waals surface area (Å²) in [5.74, 6) is 0.945. The van der Waals surface area contributed by atoms with E-state index in [2.05, 4.69) is 30.8 Å². The molecule has 0 radical (unpaired) electrons. The molecule has 134 valence electrons. The number of hydrogen-bond donors (Lipinski definition) is 0. The Morgan fingerprint density at radius 1 is 1.11 bits per heavy atom. The third-order valence-electron chi connectivity index (χ3n) is 4.25. The summed E-state index contributed by atoms with van der Waals surface area (Å²) in [6, 6.07) is 9.47. The van der Waals surface area contributed by atoms with Gasteiger partial charge in [0, 0.05) is 23.4 Å². The van der Waals surface area contributed by atoms with Crippen molar-refractivity contribution in [2.75, 3.05) is 0 Å². The number of benzene rings is 1. The minimum Gasteiger partial charge on any atom is -0.470 e. The van der Waals surface area contributed by atoms with Gasteiger partial charge in [0.25, 0.3) is 0 Å². The van der Waals surface area contributed by atoms with Gasteiger partial charge in [-0.15, -0.1) is 20.4 Å².